The van der Waals surface area contributed by atoms with Gasteiger partial charge in [0, 0.05) is 36.9 Å². The Balaban J connectivity index is 1.93. The van der Waals surface area contributed by atoms with Gasteiger partial charge in [-0.1, -0.05) is 18.2 Å². The molecule has 0 radical (unpaired) electrons. The van der Waals surface area contributed by atoms with Crippen molar-refractivity contribution < 1.29 is 9.90 Å². The van der Waals surface area contributed by atoms with Gasteiger partial charge in [0.25, 0.3) is 0 Å². The minimum Gasteiger partial charge on any atom is -0.478 e. The fourth-order valence-electron chi connectivity index (χ4n) is 2.45. The number of aromatic nitrogens is 3. The summed E-state index contributed by atoms with van der Waals surface area (Å²) in [6.45, 7) is 0.736. The summed E-state index contributed by atoms with van der Waals surface area (Å²) in [6, 6.07) is 7.58. The highest BCUT2D eigenvalue weighted by Gasteiger charge is 2.13. The predicted octanol–water partition coefficient (Wildman–Crippen LogP) is 2.32. The first-order valence-corrected chi connectivity index (χ1v) is 6.44. The molecule has 1 N–H and O–H groups in total. The van der Waals surface area contributed by atoms with E-state index in [-0.39, 0.29) is 0 Å². The molecule has 0 saturated heterocycles. The van der Waals surface area contributed by atoms with Crippen LogP contribution in [-0.2, 0) is 20.0 Å². The van der Waals surface area contributed by atoms with Crippen LogP contribution in [0, 0.1) is 0 Å². The first-order valence-electron chi connectivity index (χ1n) is 6.44. The SMILES string of the molecule is Cn1cc(CCn2cc(C(=O)O)c3ccccc32)cn1. The van der Waals surface area contributed by atoms with Crippen molar-refractivity contribution in [1.29, 1.82) is 0 Å². The van der Waals surface area contributed by atoms with Crippen LogP contribution in [0.3, 0.4) is 0 Å². The number of carboxylic acids is 1. The van der Waals surface area contributed by atoms with Gasteiger partial charge in [-0.2, -0.15) is 5.10 Å². The maximum absolute atomic E-state index is 11.3. The van der Waals surface area contributed by atoms with E-state index in [1.807, 2.05) is 48.3 Å². The number of carboxylic acid groups (broad SMARTS) is 1. The number of para-hydroxylation sites is 1. The Bertz CT molecular complexity index is 770. The molecule has 0 aliphatic heterocycles. The van der Waals surface area contributed by atoms with Crippen molar-refractivity contribution in [2.24, 2.45) is 7.05 Å². The fourth-order valence-corrected chi connectivity index (χ4v) is 2.45. The van der Waals surface area contributed by atoms with Crippen molar-refractivity contribution in [1.82, 2.24) is 14.3 Å². The van der Waals surface area contributed by atoms with E-state index >= 15 is 0 Å². The fraction of sp³-hybridized carbons (Fsp3) is 0.200. The van der Waals surface area contributed by atoms with E-state index in [9.17, 15) is 9.90 Å². The van der Waals surface area contributed by atoms with E-state index < -0.39 is 5.97 Å². The number of benzene rings is 1. The smallest absolute Gasteiger partial charge is 0.337 e. The molecule has 2 aromatic heterocycles. The van der Waals surface area contributed by atoms with Crippen LogP contribution < -0.4 is 0 Å². The molecule has 5 nitrogen and oxygen atoms in total. The number of aromatic carboxylic acids is 1. The highest BCUT2D eigenvalue weighted by Crippen LogP contribution is 2.21. The number of aryl methyl sites for hydroxylation is 3. The third kappa shape index (κ3) is 2.18. The summed E-state index contributed by atoms with van der Waals surface area (Å²) < 4.78 is 3.76. The van der Waals surface area contributed by atoms with Gasteiger partial charge in [0.05, 0.1) is 11.8 Å². The average molecular weight is 269 g/mol. The first kappa shape index (κ1) is 12.5. The van der Waals surface area contributed by atoms with Crippen LogP contribution in [0.5, 0.6) is 0 Å². The second-order valence-corrected chi connectivity index (χ2v) is 4.83. The molecule has 102 valence electrons. The summed E-state index contributed by atoms with van der Waals surface area (Å²) in [7, 11) is 1.89. The number of carbonyl (C=O) groups is 1. The van der Waals surface area contributed by atoms with E-state index in [2.05, 4.69) is 5.10 Å². The molecule has 0 fully saturated rings. The lowest BCUT2D eigenvalue weighted by atomic mass is 10.2. The van der Waals surface area contributed by atoms with Gasteiger partial charge in [-0.15, -0.1) is 0 Å². The molecular formula is C15H15N3O2. The van der Waals surface area contributed by atoms with Crippen LogP contribution in [0.2, 0.25) is 0 Å². The molecule has 0 atom stereocenters. The Hall–Kier alpha value is -2.56. The molecule has 0 saturated carbocycles. The summed E-state index contributed by atoms with van der Waals surface area (Å²) in [4.78, 5) is 11.3. The minimum atomic E-state index is -0.888. The molecule has 3 aromatic rings. The largest absolute Gasteiger partial charge is 0.478 e. The third-order valence-electron chi connectivity index (χ3n) is 3.42. The summed E-state index contributed by atoms with van der Waals surface area (Å²) >= 11 is 0. The van der Waals surface area contributed by atoms with Gasteiger partial charge in [0.15, 0.2) is 0 Å². The van der Waals surface area contributed by atoms with Gasteiger partial charge in [0.2, 0.25) is 0 Å². The zero-order valence-corrected chi connectivity index (χ0v) is 11.2. The second kappa shape index (κ2) is 4.85. The van der Waals surface area contributed by atoms with Gasteiger partial charge in [-0.05, 0) is 18.1 Å². The van der Waals surface area contributed by atoms with Crippen molar-refractivity contribution in [3.05, 3.63) is 54.0 Å². The van der Waals surface area contributed by atoms with Gasteiger partial charge < -0.3 is 9.67 Å². The van der Waals surface area contributed by atoms with Crippen LogP contribution in [-0.4, -0.2) is 25.4 Å². The molecule has 1 aromatic carbocycles. The van der Waals surface area contributed by atoms with E-state index in [1.165, 1.54) is 0 Å². The second-order valence-electron chi connectivity index (χ2n) is 4.83. The van der Waals surface area contributed by atoms with E-state index in [4.69, 9.17) is 0 Å². The van der Waals surface area contributed by atoms with E-state index in [0.717, 1.165) is 29.4 Å². The minimum absolute atomic E-state index is 0.354. The highest BCUT2D eigenvalue weighted by atomic mass is 16.4. The normalized spacial score (nSPS) is 11.1. The van der Waals surface area contributed by atoms with Crippen LogP contribution >= 0.6 is 0 Å². The van der Waals surface area contributed by atoms with E-state index in [1.54, 1.807) is 10.9 Å². The molecule has 5 heteroatoms. The molecule has 0 aliphatic carbocycles. The number of rotatable bonds is 4. The van der Waals surface area contributed by atoms with E-state index in [0.29, 0.717) is 5.56 Å². The lowest BCUT2D eigenvalue weighted by Crippen LogP contribution is -2.00. The summed E-state index contributed by atoms with van der Waals surface area (Å²) in [5.74, 6) is -0.888. The van der Waals surface area contributed by atoms with Crippen molar-refractivity contribution >= 4 is 16.9 Å². The summed E-state index contributed by atoms with van der Waals surface area (Å²) in [5.41, 5.74) is 2.45. The molecule has 0 spiro atoms. The molecule has 0 unspecified atom stereocenters. The lowest BCUT2D eigenvalue weighted by molar-refractivity contribution is 0.0699. The average Bonchev–Trinajstić information content (AvgIpc) is 3.00. The topological polar surface area (TPSA) is 60.0 Å². The Morgan fingerprint density at radius 2 is 2.10 bits per heavy atom. The number of hydrogen-bond donors (Lipinski definition) is 1. The number of hydrogen-bond acceptors (Lipinski definition) is 2. The third-order valence-corrected chi connectivity index (χ3v) is 3.42. The van der Waals surface area contributed by atoms with Crippen LogP contribution in [0.25, 0.3) is 10.9 Å². The predicted molar refractivity (Wildman–Crippen MR) is 75.8 cm³/mol. The van der Waals surface area contributed by atoms with Crippen LogP contribution in [0.1, 0.15) is 15.9 Å². The highest BCUT2D eigenvalue weighted by molar-refractivity contribution is 6.03. The zero-order valence-electron chi connectivity index (χ0n) is 11.2. The molecule has 0 bridgehead atoms. The Kier molecular flexibility index (Phi) is 3.02. The van der Waals surface area contributed by atoms with Crippen molar-refractivity contribution in [3.63, 3.8) is 0 Å². The monoisotopic (exact) mass is 269 g/mol. The number of nitrogens with zero attached hydrogens (tertiary/aromatic N) is 3. The van der Waals surface area contributed by atoms with Gasteiger partial charge in [-0.3, -0.25) is 4.68 Å². The molecule has 20 heavy (non-hydrogen) atoms. The van der Waals surface area contributed by atoms with Gasteiger partial charge in [0.1, 0.15) is 0 Å². The van der Waals surface area contributed by atoms with Crippen LogP contribution in [0.15, 0.2) is 42.9 Å². The maximum atomic E-state index is 11.3. The van der Waals surface area contributed by atoms with Gasteiger partial charge >= 0.3 is 5.97 Å². The standard InChI is InChI=1S/C15H15N3O2/c1-17-9-11(8-16-17)6-7-18-10-13(15(19)20)12-4-2-3-5-14(12)18/h2-5,8-10H,6-7H2,1H3,(H,19,20). The lowest BCUT2D eigenvalue weighted by Gasteiger charge is -2.03. The van der Waals surface area contributed by atoms with Crippen LogP contribution in [0.4, 0.5) is 0 Å². The molecule has 3 rings (SSSR count). The first-order chi connectivity index (χ1) is 9.65. The number of fused-ring (bicyclic) bond motifs is 1. The summed E-state index contributed by atoms with van der Waals surface area (Å²) in [5, 5.41) is 14.2. The molecule has 2 heterocycles. The van der Waals surface area contributed by atoms with Crippen molar-refractivity contribution in [2.45, 2.75) is 13.0 Å². The molecule has 0 amide bonds. The van der Waals surface area contributed by atoms with Gasteiger partial charge in [-0.25, -0.2) is 4.79 Å². The zero-order chi connectivity index (χ0) is 14.1. The Morgan fingerprint density at radius 3 is 2.80 bits per heavy atom. The molecule has 0 aliphatic rings. The maximum Gasteiger partial charge on any atom is 0.337 e. The van der Waals surface area contributed by atoms with Crippen molar-refractivity contribution in [3.8, 4) is 0 Å². The quantitative estimate of drug-likeness (QED) is 0.790. The summed E-state index contributed by atoms with van der Waals surface area (Å²) in [6.07, 6.45) is 6.35. The molecular weight excluding hydrogens is 254 g/mol. The van der Waals surface area contributed by atoms with Crippen molar-refractivity contribution in [2.75, 3.05) is 0 Å². The Morgan fingerprint density at radius 1 is 1.30 bits per heavy atom. The Labute approximate surface area is 116 Å².